The highest BCUT2D eigenvalue weighted by molar-refractivity contribution is 7.91. The lowest BCUT2D eigenvalue weighted by atomic mass is 9.97. The maximum absolute atomic E-state index is 15.1. The van der Waals surface area contributed by atoms with Crippen LogP contribution in [0.5, 0.6) is 5.75 Å². The summed E-state index contributed by atoms with van der Waals surface area (Å²) in [5.74, 6) is 0.0465. The first kappa shape index (κ1) is 23.2. The molecule has 0 saturated heterocycles. The Morgan fingerprint density at radius 1 is 1.21 bits per heavy atom. The molecule has 0 saturated carbocycles. The van der Waals surface area contributed by atoms with Crippen LogP contribution in [-0.2, 0) is 21.8 Å². The fourth-order valence-electron chi connectivity index (χ4n) is 3.75. The van der Waals surface area contributed by atoms with Gasteiger partial charge in [0.05, 0.1) is 29.0 Å². The van der Waals surface area contributed by atoms with Crippen LogP contribution >= 0.6 is 0 Å². The van der Waals surface area contributed by atoms with Crippen molar-refractivity contribution in [2.24, 2.45) is 5.73 Å². The van der Waals surface area contributed by atoms with Crippen LogP contribution in [0.25, 0.3) is 11.5 Å². The molecule has 33 heavy (non-hydrogen) atoms. The predicted molar refractivity (Wildman–Crippen MR) is 122 cm³/mol. The van der Waals surface area contributed by atoms with Crippen molar-refractivity contribution in [3.63, 3.8) is 0 Å². The Morgan fingerprint density at radius 2 is 1.91 bits per heavy atom. The van der Waals surface area contributed by atoms with E-state index in [2.05, 4.69) is 10.2 Å². The highest BCUT2D eigenvalue weighted by Crippen LogP contribution is 2.37. The SMILES string of the molecule is COc1ccc(CN2C[C@@H](N)CS(=O)(=O)c3cc(F)c(-c4nnc(C(C)(C)C)o4)cc32)cc1. The Kier molecular flexibility index (Phi) is 5.92. The van der Waals surface area contributed by atoms with E-state index in [9.17, 15) is 8.42 Å². The Morgan fingerprint density at radius 3 is 2.52 bits per heavy atom. The topological polar surface area (TPSA) is 112 Å². The standard InChI is InChI=1S/C23H27FN4O4S/c1-23(2,3)22-27-26-21(32-22)17-9-19-20(10-18(17)24)33(29,30)13-15(25)12-28(19)11-14-5-7-16(31-4)8-6-14/h5-10,15H,11-13,25H2,1-4H3/t15-/m1/s1. The van der Waals surface area contributed by atoms with Gasteiger partial charge in [-0.1, -0.05) is 32.9 Å². The summed E-state index contributed by atoms with van der Waals surface area (Å²) in [6.07, 6.45) is 0. The number of rotatable bonds is 4. The van der Waals surface area contributed by atoms with Gasteiger partial charge >= 0.3 is 0 Å². The molecular formula is C23H27FN4O4S. The van der Waals surface area contributed by atoms with E-state index < -0.39 is 27.1 Å². The van der Waals surface area contributed by atoms with Gasteiger partial charge in [-0.05, 0) is 29.8 Å². The molecule has 3 aromatic rings. The smallest absolute Gasteiger partial charge is 0.250 e. The van der Waals surface area contributed by atoms with E-state index in [4.69, 9.17) is 14.9 Å². The second-order valence-corrected chi connectivity index (χ2v) is 11.2. The molecular weight excluding hydrogens is 447 g/mol. The zero-order valence-corrected chi connectivity index (χ0v) is 19.8. The van der Waals surface area contributed by atoms with E-state index in [1.54, 1.807) is 7.11 Å². The Bertz CT molecular complexity index is 1270. The minimum absolute atomic E-state index is 0.00411. The molecule has 0 bridgehead atoms. The van der Waals surface area contributed by atoms with Gasteiger partial charge in [0.2, 0.25) is 5.89 Å². The number of nitrogens with two attached hydrogens (primary N) is 1. The van der Waals surface area contributed by atoms with E-state index in [1.165, 1.54) is 6.07 Å². The maximum Gasteiger partial charge on any atom is 0.250 e. The molecule has 2 aromatic carbocycles. The molecule has 10 heteroatoms. The van der Waals surface area contributed by atoms with E-state index in [-0.39, 0.29) is 28.6 Å². The fourth-order valence-corrected chi connectivity index (χ4v) is 5.38. The quantitative estimate of drug-likeness (QED) is 0.613. The summed E-state index contributed by atoms with van der Waals surface area (Å²) in [5, 5.41) is 8.03. The van der Waals surface area contributed by atoms with Crippen molar-refractivity contribution >= 4 is 15.5 Å². The lowest BCUT2D eigenvalue weighted by Crippen LogP contribution is -2.39. The Balaban J connectivity index is 1.82. The highest BCUT2D eigenvalue weighted by atomic mass is 32.2. The van der Waals surface area contributed by atoms with Gasteiger partial charge in [-0.25, -0.2) is 12.8 Å². The summed E-state index contributed by atoms with van der Waals surface area (Å²) in [6, 6.07) is 9.29. The molecule has 176 valence electrons. The molecule has 0 fully saturated rings. The third-order valence-corrected chi connectivity index (χ3v) is 7.31. The minimum atomic E-state index is -3.80. The van der Waals surface area contributed by atoms with E-state index in [0.717, 1.165) is 11.6 Å². The van der Waals surface area contributed by atoms with Gasteiger partial charge in [0.25, 0.3) is 5.89 Å². The summed E-state index contributed by atoms with van der Waals surface area (Å²) >= 11 is 0. The number of hydrogen-bond donors (Lipinski definition) is 1. The first-order valence-electron chi connectivity index (χ1n) is 10.5. The normalized spacial score (nSPS) is 18.0. The van der Waals surface area contributed by atoms with Crippen LogP contribution in [0.3, 0.4) is 0 Å². The van der Waals surface area contributed by atoms with E-state index in [1.807, 2.05) is 49.9 Å². The van der Waals surface area contributed by atoms with Gasteiger partial charge < -0.3 is 19.8 Å². The third kappa shape index (κ3) is 4.72. The molecule has 1 aliphatic heterocycles. The highest BCUT2D eigenvalue weighted by Gasteiger charge is 2.33. The number of ether oxygens (including phenoxy) is 1. The van der Waals surface area contributed by atoms with Gasteiger partial charge in [0.15, 0.2) is 9.84 Å². The van der Waals surface area contributed by atoms with Gasteiger partial charge in [0, 0.05) is 24.5 Å². The molecule has 1 aliphatic rings. The third-order valence-electron chi connectivity index (χ3n) is 5.44. The van der Waals surface area contributed by atoms with Crippen molar-refractivity contribution in [1.82, 2.24) is 10.2 Å². The number of methoxy groups -OCH3 is 1. The maximum atomic E-state index is 15.1. The van der Waals surface area contributed by atoms with Gasteiger partial charge in [-0.3, -0.25) is 0 Å². The van der Waals surface area contributed by atoms with Crippen molar-refractivity contribution < 1.29 is 22.0 Å². The molecule has 0 amide bonds. The van der Waals surface area contributed by atoms with Gasteiger partial charge in [0.1, 0.15) is 11.6 Å². The molecule has 2 N–H and O–H groups in total. The van der Waals surface area contributed by atoms with Crippen LogP contribution in [0, 0.1) is 5.82 Å². The first-order chi connectivity index (χ1) is 15.5. The van der Waals surface area contributed by atoms with Crippen molar-refractivity contribution in [2.45, 2.75) is 43.7 Å². The largest absolute Gasteiger partial charge is 0.497 e. The Hall–Kier alpha value is -2.98. The number of aromatic nitrogens is 2. The summed E-state index contributed by atoms with van der Waals surface area (Å²) < 4.78 is 52.0. The van der Waals surface area contributed by atoms with Crippen molar-refractivity contribution in [1.29, 1.82) is 0 Å². The monoisotopic (exact) mass is 474 g/mol. The molecule has 0 spiro atoms. The number of benzene rings is 2. The van der Waals surface area contributed by atoms with Crippen molar-refractivity contribution in [2.75, 3.05) is 24.3 Å². The molecule has 4 rings (SSSR count). The average Bonchev–Trinajstić information content (AvgIpc) is 3.21. The zero-order valence-electron chi connectivity index (χ0n) is 19.0. The molecule has 1 aromatic heterocycles. The number of sulfone groups is 1. The van der Waals surface area contributed by atoms with Crippen LogP contribution in [0.1, 0.15) is 32.2 Å². The van der Waals surface area contributed by atoms with Crippen LogP contribution in [-0.4, -0.2) is 44.1 Å². The lowest BCUT2D eigenvalue weighted by molar-refractivity contribution is 0.398. The van der Waals surface area contributed by atoms with Crippen LogP contribution in [0.4, 0.5) is 10.1 Å². The molecule has 8 nitrogen and oxygen atoms in total. The van der Waals surface area contributed by atoms with Crippen molar-refractivity contribution in [3.8, 4) is 17.2 Å². The molecule has 1 atom stereocenters. The van der Waals surface area contributed by atoms with E-state index in [0.29, 0.717) is 23.9 Å². The van der Waals surface area contributed by atoms with Crippen LogP contribution < -0.4 is 15.4 Å². The first-order valence-corrected chi connectivity index (χ1v) is 12.2. The average molecular weight is 475 g/mol. The number of halogens is 1. The fraction of sp³-hybridized carbons (Fsp3) is 0.391. The van der Waals surface area contributed by atoms with E-state index >= 15 is 4.39 Å². The number of nitrogens with zero attached hydrogens (tertiary/aromatic N) is 3. The summed E-state index contributed by atoms with van der Waals surface area (Å²) in [6.45, 7) is 6.37. The number of anilines is 1. The molecule has 0 radical (unpaired) electrons. The second-order valence-electron chi connectivity index (χ2n) is 9.23. The van der Waals surface area contributed by atoms with Crippen molar-refractivity contribution in [3.05, 3.63) is 53.7 Å². The number of hydrogen-bond acceptors (Lipinski definition) is 8. The number of fused-ring (bicyclic) bond motifs is 1. The lowest BCUT2D eigenvalue weighted by Gasteiger charge is -2.26. The molecule has 0 aliphatic carbocycles. The van der Waals surface area contributed by atoms with Gasteiger partial charge in [-0.2, -0.15) is 0 Å². The summed E-state index contributed by atoms with van der Waals surface area (Å²) in [5.41, 5.74) is 7.05. The van der Waals surface area contributed by atoms with Gasteiger partial charge in [-0.15, -0.1) is 10.2 Å². The molecule has 0 unspecified atom stereocenters. The van der Waals surface area contributed by atoms with Crippen LogP contribution in [0.15, 0.2) is 45.7 Å². The van der Waals surface area contributed by atoms with Crippen LogP contribution in [0.2, 0.25) is 0 Å². The summed E-state index contributed by atoms with van der Waals surface area (Å²) in [4.78, 5) is 1.75. The molecule has 2 heterocycles. The zero-order chi connectivity index (χ0) is 24.0. The predicted octanol–water partition coefficient (Wildman–Crippen LogP) is 3.30. The minimum Gasteiger partial charge on any atom is -0.497 e. The second kappa shape index (κ2) is 8.42. The summed E-state index contributed by atoms with van der Waals surface area (Å²) in [7, 11) is -2.21. The Labute approximate surface area is 192 Å².